The highest BCUT2D eigenvalue weighted by molar-refractivity contribution is 7.91. The van der Waals surface area contributed by atoms with Gasteiger partial charge in [0.1, 0.15) is 0 Å². The fraction of sp³-hybridized carbons (Fsp3) is 0.381. The summed E-state index contributed by atoms with van der Waals surface area (Å²) in [6.07, 6.45) is 1.04. The number of rotatable bonds is 4. The summed E-state index contributed by atoms with van der Waals surface area (Å²) < 4.78 is 51.3. The van der Waals surface area contributed by atoms with Gasteiger partial charge < -0.3 is 4.90 Å². The van der Waals surface area contributed by atoms with E-state index in [1.54, 1.807) is 19.2 Å². The first-order valence-electron chi connectivity index (χ1n) is 9.82. The number of amides is 1. The van der Waals surface area contributed by atoms with Gasteiger partial charge in [0.05, 0.1) is 16.4 Å². The predicted molar refractivity (Wildman–Crippen MR) is 113 cm³/mol. The molecule has 0 radical (unpaired) electrons. The lowest BCUT2D eigenvalue weighted by molar-refractivity contribution is 0.0747. The lowest BCUT2D eigenvalue weighted by Crippen LogP contribution is -2.38. The van der Waals surface area contributed by atoms with E-state index in [9.17, 15) is 21.6 Å². The molecule has 2 aliphatic heterocycles. The first-order chi connectivity index (χ1) is 14.2. The maximum atomic E-state index is 13.2. The summed E-state index contributed by atoms with van der Waals surface area (Å²) in [6.45, 7) is 0.688. The van der Waals surface area contributed by atoms with Gasteiger partial charge in [0.25, 0.3) is 5.91 Å². The fourth-order valence-corrected chi connectivity index (χ4v) is 7.30. The maximum Gasteiger partial charge on any atom is 0.253 e. The van der Waals surface area contributed by atoms with Crippen molar-refractivity contribution in [1.29, 1.82) is 0 Å². The average molecular weight is 449 g/mol. The maximum absolute atomic E-state index is 13.2. The van der Waals surface area contributed by atoms with E-state index in [4.69, 9.17) is 0 Å². The largest absolute Gasteiger partial charge is 0.338 e. The molecule has 0 aliphatic carbocycles. The summed E-state index contributed by atoms with van der Waals surface area (Å²) >= 11 is 0. The number of hydrogen-bond donors (Lipinski definition) is 0. The van der Waals surface area contributed by atoms with E-state index in [1.807, 2.05) is 24.3 Å². The number of sulfone groups is 1. The molecule has 7 nitrogen and oxygen atoms in total. The van der Waals surface area contributed by atoms with Crippen LogP contribution >= 0.6 is 0 Å². The van der Waals surface area contributed by atoms with Crippen molar-refractivity contribution < 1.29 is 21.6 Å². The molecule has 0 aromatic heterocycles. The standard InChI is InChI=1S/C21H24N2O5S2/c1-22(19-10-12-29(25,26)15-19)21(24)17-7-4-8-20(13-17)30(27,28)23-11-9-16-5-2-3-6-18(16)14-23/h2-8,13,19H,9-12,14-15H2,1H3. The molecule has 4 rings (SSSR count). The van der Waals surface area contributed by atoms with Crippen LogP contribution in [-0.2, 0) is 32.8 Å². The van der Waals surface area contributed by atoms with Crippen LogP contribution in [0.25, 0.3) is 0 Å². The highest BCUT2D eigenvalue weighted by atomic mass is 32.2. The Bertz CT molecular complexity index is 1190. The molecule has 30 heavy (non-hydrogen) atoms. The molecule has 160 valence electrons. The Hall–Kier alpha value is -2.23. The minimum absolute atomic E-state index is 0.0551. The second-order valence-corrected chi connectivity index (χ2v) is 12.0. The summed E-state index contributed by atoms with van der Waals surface area (Å²) in [6, 6.07) is 13.4. The normalized spacial score (nSPS) is 21.2. The zero-order valence-corrected chi connectivity index (χ0v) is 18.3. The molecule has 2 aromatic carbocycles. The van der Waals surface area contributed by atoms with Gasteiger partial charge in [-0.3, -0.25) is 4.79 Å². The van der Waals surface area contributed by atoms with Gasteiger partial charge in [-0.2, -0.15) is 4.31 Å². The number of fused-ring (bicyclic) bond motifs is 1. The quantitative estimate of drug-likeness (QED) is 0.710. The minimum Gasteiger partial charge on any atom is -0.338 e. The van der Waals surface area contributed by atoms with Crippen LogP contribution in [0.4, 0.5) is 0 Å². The van der Waals surface area contributed by atoms with Gasteiger partial charge in [-0.05, 0) is 42.2 Å². The Morgan fingerprint density at radius 2 is 1.83 bits per heavy atom. The van der Waals surface area contributed by atoms with Gasteiger partial charge in [-0.1, -0.05) is 30.3 Å². The van der Waals surface area contributed by atoms with Crippen LogP contribution < -0.4 is 0 Å². The number of sulfonamides is 1. The number of carbonyl (C=O) groups excluding carboxylic acids is 1. The Morgan fingerprint density at radius 3 is 2.53 bits per heavy atom. The molecular formula is C21H24N2O5S2. The third-order valence-electron chi connectivity index (χ3n) is 5.89. The average Bonchev–Trinajstić information content (AvgIpc) is 3.12. The summed E-state index contributed by atoms with van der Waals surface area (Å²) in [7, 11) is -5.31. The molecule has 2 aliphatic rings. The minimum atomic E-state index is -3.76. The van der Waals surface area contributed by atoms with E-state index in [2.05, 4.69) is 0 Å². The zero-order valence-electron chi connectivity index (χ0n) is 16.7. The van der Waals surface area contributed by atoms with Crippen LogP contribution in [0.2, 0.25) is 0 Å². The highest BCUT2D eigenvalue weighted by Crippen LogP contribution is 2.26. The fourth-order valence-electron chi connectivity index (χ4n) is 4.06. The summed E-state index contributed by atoms with van der Waals surface area (Å²) in [5.41, 5.74) is 2.38. The Balaban J connectivity index is 1.56. The van der Waals surface area contributed by atoms with Crippen LogP contribution in [0.5, 0.6) is 0 Å². The molecule has 2 heterocycles. The number of benzene rings is 2. The predicted octanol–water partition coefficient (Wildman–Crippen LogP) is 1.69. The zero-order chi connectivity index (χ0) is 21.5. The van der Waals surface area contributed by atoms with E-state index in [1.165, 1.54) is 21.3 Å². The third kappa shape index (κ3) is 4.01. The van der Waals surface area contributed by atoms with Crippen molar-refractivity contribution in [2.75, 3.05) is 25.1 Å². The summed E-state index contributed by atoms with van der Waals surface area (Å²) in [5, 5.41) is 0. The van der Waals surface area contributed by atoms with E-state index < -0.39 is 19.9 Å². The molecule has 1 amide bonds. The van der Waals surface area contributed by atoms with Gasteiger partial charge in [0, 0.05) is 31.7 Å². The summed E-state index contributed by atoms with van der Waals surface area (Å²) in [5.74, 6) is -0.362. The topological polar surface area (TPSA) is 91.8 Å². The second-order valence-electron chi connectivity index (χ2n) is 7.86. The van der Waals surface area contributed by atoms with Crippen LogP contribution in [-0.4, -0.2) is 63.1 Å². The molecule has 1 unspecified atom stereocenters. The van der Waals surface area contributed by atoms with Crippen LogP contribution in [0, 0.1) is 0 Å². The number of nitrogens with zero attached hydrogens (tertiary/aromatic N) is 2. The lowest BCUT2D eigenvalue weighted by atomic mass is 10.0. The lowest BCUT2D eigenvalue weighted by Gasteiger charge is -2.28. The molecular weight excluding hydrogens is 424 g/mol. The first-order valence-corrected chi connectivity index (χ1v) is 13.1. The molecule has 1 atom stereocenters. The van der Waals surface area contributed by atoms with Crippen molar-refractivity contribution >= 4 is 25.8 Å². The monoisotopic (exact) mass is 448 g/mol. The van der Waals surface area contributed by atoms with Crippen molar-refractivity contribution in [3.8, 4) is 0 Å². The van der Waals surface area contributed by atoms with E-state index in [0.29, 0.717) is 25.9 Å². The molecule has 0 saturated carbocycles. The van der Waals surface area contributed by atoms with E-state index in [0.717, 1.165) is 11.1 Å². The second kappa shape index (κ2) is 7.79. The van der Waals surface area contributed by atoms with Gasteiger partial charge in [0.2, 0.25) is 10.0 Å². The Labute approximate surface area is 177 Å². The van der Waals surface area contributed by atoms with Crippen molar-refractivity contribution in [2.45, 2.75) is 30.3 Å². The smallest absolute Gasteiger partial charge is 0.253 e. The van der Waals surface area contributed by atoms with Crippen LogP contribution in [0.1, 0.15) is 27.9 Å². The van der Waals surface area contributed by atoms with Crippen molar-refractivity contribution in [1.82, 2.24) is 9.21 Å². The van der Waals surface area contributed by atoms with E-state index in [-0.39, 0.29) is 33.9 Å². The molecule has 9 heteroatoms. The van der Waals surface area contributed by atoms with Gasteiger partial charge in [-0.25, -0.2) is 16.8 Å². The molecule has 1 saturated heterocycles. The van der Waals surface area contributed by atoms with Crippen molar-refractivity contribution in [3.63, 3.8) is 0 Å². The van der Waals surface area contributed by atoms with E-state index >= 15 is 0 Å². The molecule has 1 fully saturated rings. The first kappa shape index (κ1) is 21.0. The van der Waals surface area contributed by atoms with Crippen LogP contribution in [0.3, 0.4) is 0 Å². The van der Waals surface area contributed by atoms with Gasteiger partial charge in [-0.15, -0.1) is 0 Å². The third-order valence-corrected chi connectivity index (χ3v) is 9.48. The van der Waals surface area contributed by atoms with Crippen molar-refractivity contribution in [2.24, 2.45) is 0 Å². The Kier molecular flexibility index (Phi) is 5.46. The SMILES string of the molecule is CN(C(=O)c1cccc(S(=O)(=O)N2CCc3ccccc3C2)c1)C1CCS(=O)(=O)C1. The molecule has 0 spiro atoms. The Morgan fingerprint density at radius 1 is 1.10 bits per heavy atom. The summed E-state index contributed by atoms with van der Waals surface area (Å²) in [4.78, 5) is 14.4. The molecule has 0 bridgehead atoms. The molecule has 0 N–H and O–H groups in total. The van der Waals surface area contributed by atoms with Gasteiger partial charge in [0.15, 0.2) is 9.84 Å². The van der Waals surface area contributed by atoms with Crippen molar-refractivity contribution in [3.05, 3.63) is 65.2 Å². The molecule has 2 aromatic rings. The number of carbonyl (C=O) groups is 1. The number of hydrogen-bond acceptors (Lipinski definition) is 5. The highest BCUT2D eigenvalue weighted by Gasteiger charge is 2.34. The van der Waals surface area contributed by atoms with Gasteiger partial charge >= 0.3 is 0 Å². The van der Waals surface area contributed by atoms with Crippen LogP contribution in [0.15, 0.2) is 53.4 Å².